The molecule has 2 aliphatic rings. The van der Waals surface area contributed by atoms with E-state index >= 15 is 0 Å². The second kappa shape index (κ2) is 31.1. The van der Waals surface area contributed by atoms with Crippen molar-refractivity contribution >= 4 is 5.91 Å². The normalized spacial score (nSPS) is 29.4. The van der Waals surface area contributed by atoms with Gasteiger partial charge in [0.2, 0.25) is 5.91 Å². The molecule has 1 amide bonds. The molecule has 0 aromatic carbocycles. The Hall–Kier alpha value is -1.79. The van der Waals surface area contributed by atoms with Crippen LogP contribution in [0, 0.1) is 0 Å². The van der Waals surface area contributed by atoms with Crippen LogP contribution in [0.15, 0.2) is 36.5 Å². The zero-order chi connectivity index (χ0) is 41.8. The Balaban J connectivity index is 1.93. The van der Waals surface area contributed by atoms with Gasteiger partial charge in [0.25, 0.3) is 0 Å². The maximum absolute atomic E-state index is 13.0. The molecule has 0 bridgehead atoms. The van der Waals surface area contributed by atoms with Gasteiger partial charge in [-0.25, -0.2) is 0 Å². The molecule has 0 spiro atoms. The van der Waals surface area contributed by atoms with Crippen LogP contribution in [0.4, 0.5) is 0 Å². The maximum Gasteiger partial charge on any atom is 0.220 e. The van der Waals surface area contributed by atoms with Crippen molar-refractivity contribution in [1.29, 1.82) is 0 Å². The van der Waals surface area contributed by atoms with Gasteiger partial charge in [-0.15, -0.1) is 0 Å². The number of aliphatic hydroxyl groups excluding tert-OH is 8. The summed E-state index contributed by atoms with van der Waals surface area (Å²) >= 11 is 0. The van der Waals surface area contributed by atoms with Gasteiger partial charge in [0.15, 0.2) is 12.6 Å². The van der Waals surface area contributed by atoms with Gasteiger partial charge in [-0.2, -0.15) is 0 Å². The van der Waals surface area contributed by atoms with Gasteiger partial charge >= 0.3 is 0 Å². The number of nitrogens with one attached hydrogen (secondary N) is 1. The van der Waals surface area contributed by atoms with Crippen LogP contribution in [0.1, 0.15) is 136 Å². The van der Waals surface area contributed by atoms with E-state index in [2.05, 4.69) is 43.5 Å². The first-order chi connectivity index (χ1) is 27.6. The first-order valence-corrected chi connectivity index (χ1v) is 21.7. The fraction of sp³-hybridized carbons (Fsp3) is 0.837. The molecule has 2 aliphatic heterocycles. The molecule has 2 saturated heterocycles. The highest BCUT2D eigenvalue weighted by atomic mass is 16.7. The van der Waals surface area contributed by atoms with Crippen LogP contribution >= 0.6 is 0 Å². The van der Waals surface area contributed by atoms with Gasteiger partial charge < -0.3 is 65.1 Å². The first-order valence-electron chi connectivity index (χ1n) is 21.7. The second-order valence-corrected chi connectivity index (χ2v) is 15.5. The van der Waals surface area contributed by atoms with Gasteiger partial charge in [0, 0.05) is 6.42 Å². The van der Waals surface area contributed by atoms with Crippen molar-refractivity contribution in [3.8, 4) is 0 Å². The number of amides is 1. The van der Waals surface area contributed by atoms with Gasteiger partial charge in [0.1, 0.15) is 48.8 Å². The predicted octanol–water partition coefficient (Wildman–Crippen LogP) is 3.59. The summed E-state index contributed by atoms with van der Waals surface area (Å²) in [5.74, 6) is -0.264. The number of carbonyl (C=O) groups is 1. The number of hydrogen-bond donors (Lipinski definition) is 9. The highest BCUT2D eigenvalue weighted by Crippen LogP contribution is 2.29. The standard InChI is InChI=1S/C43H77NO13/c1-3-5-7-9-11-12-13-14-15-16-17-18-19-21-22-24-26-32(47)31(44-35(48)27-25-23-20-10-8-6-4-2)30-54-42-40(53)38(51)41(34(29-46)56-42)57-43-39(52)37(50)36(49)33(28-45)55-43/h14-15,18-19,24,26,31-34,36-43,45-47,49-53H,3-13,16-17,20-23,25,27-30H2,1-2H3,(H,44,48)/b15-14+,19-18+,26-24+. The monoisotopic (exact) mass is 816 g/mol. The van der Waals surface area contributed by atoms with E-state index in [1.54, 1.807) is 6.08 Å². The van der Waals surface area contributed by atoms with Crippen LogP contribution in [-0.4, -0.2) is 140 Å². The van der Waals surface area contributed by atoms with Crippen LogP contribution in [-0.2, 0) is 23.7 Å². The Morgan fingerprint density at radius 1 is 0.614 bits per heavy atom. The Kier molecular flexibility index (Phi) is 28.1. The van der Waals surface area contributed by atoms with Crippen LogP contribution < -0.4 is 5.32 Å². The predicted molar refractivity (Wildman–Crippen MR) is 217 cm³/mol. The van der Waals surface area contributed by atoms with E-state index in [1.807, 2.05) is 6.08 Å². The van der Waals surface area contributed by atoms with E-state index in [4.69, 9.17) is 18.9 Å². The average Bonchev–Trinajstić information content (AvgIpc) is 3.21. The molecule has 0 aromatic heterocycles. The summed E-state index contributed by atoms with van der Waals surface area (Å²) in [7, 11) is 0. The topological polar surface area (TPSA) is 228 Å². The Morgan fingerprint density at radius 2 is 1.12 bits per heavy atom. The minimum atomic E-state index is -1.79. The molecule has 0 radical (unpaired) electrons. The zero-order valence-corrected chi connectivity index (χ0v) is 34.6. The molecule has 332 valence electrons. The van der Waals surface area contributed by atoms with Crippen molar-refractivity contribution in [1.82, 2.24) is 5.32 Å². The largest absolute Gasteiger partial charge is 0.394 e. The number of carbonyl (C=O) groups excluding carboxylic acids is 1. The Morgan fingerprint density at radius 3 is 1.72 bits per heavy atom. The molecule has 9 N–H and O–H groups in total. The summed E-state index contributed by atoms with van der Waals surface area (Å²) < 4.78 is 22.5. The summed E-state index contributed by atoms with van der Waals surface area (Å²) in [4.78, 5) is 13.0. The molecule has 14 heteroatoms. The molecule has 2 fully saturated rings. The number of ether oxygens (including phenoxy) is 4. The van der Waals surface area contributed by atoms with Crippen molar-refractivity contribution < 1.29 is 64.6 Å². The van der Waals surface area contributed by atoms with Gasteiger partial charge in [-0.1, -0.05) is 121 Å². The minimum Gasteiger partial charge on any atom is -0.394 e. The third kappa shape index (κ3) is 19.9. The van der Waals surface area contributed by atoms with Crippen LogP contribution in [0.25, 0.3) is 0 Å². The molecule has 2 heterocycles. The summed E-state index contributed by atoms with van der Waals surface area (Å²) in [6.45, 7) is 2.65. The Bertz CT molecular complexity index is 1100. The van der Waals surface area contributed by atoms with Crippen LogP contribution in [0.2, 0.25) is 0 Å². The smallest absolute Gasteiger partial charge is 0.220 e. The zero-order valence-electron chi connectivity index (χ0n) is 34.6. The molecular formula is C43H77NO13. The third-order valence-corrected chi connectivity index (χ3v) is 10.6. The highest BCUT2D eigenvalue weighted by molar-refractivity contribution is 5.76. The molecular weight excluding hydrogens is 738 g/mol. The van der Waals surface area contributed by atoms with Crippen LogP contribution in [0.5, 0.6) is 0 Å². The SMILES string of the molecule is CCCCCCCC/C=C/CC/C=C/CC/C=C/C(O)C(COC1OC(CO)C(OC2OC(CO)C(O)C(O)C2O)C(O)C1O)NC(=O)CCCCCCCCC. The number of aliphatic hydroxyl groups is 8. The lowest BCUT2D eigenvalue weighted by Crippen LogP contribution is -2.65. The van der Waals surface area contributed by atoms with E-state index < -0.39 is 86.8 Å². The fourth-order valence-corrected chi connectivity index (χ4v) is 6.91. The fourth-order valence-electron chi connectivity index (χ4n) is 6.91. The number of rotatable bonds is 31. The van der Waals surface area contributed by atoms with Gasteiger partial charge in [0.05, 0.1) is 32.0 Å². The molecule has 14 nitrogen and oxygen atoms in total. The van der Waals surface area contributed by atoms with E-state index in [0.29, 0.717) is 12.8 Å². The summed E-state index contributed by atoms with van der Waals surface area (Å²) in [6, 6.07) is -0.930. The summed E-state index contributed by atoms with van der Waals surface area (Å²) in [5.41, 5.74) is 0. The lowest BCUT2D eigenvalue weighted by atomic mass is 9.97. The van der Waals surface area contributed by atoms with Gasteiger partial charge in [-0.05, 0) is 44.9 Å². The minimum absolute atomic E-state index is 0.264. The van der Waals surface area contributed by atoms with E-state index in [9.17, 15) is 45.6 Å². The lowest BCUT2D eigenvalue weighted by Gasteiger charge is -2.46. The maximum atomic E-state index is 13.0. The molecule has 0 aromatic rings. The summed E-state index contributed by atoms with van der Waals surface area (Å²) in [6.07, 6.45) is 15.1. The Labute approximate surface area is 341 Å². The van der Waals surface area contributed by atoms with Crippen molar-refractivity contribution in [2.24, 2.45) is 0 Å². The average molecular weight is 816 g/mol. The van der Waals surface area contributed by atoms with Crippen molar-refractivity contribution in [3.05, 3.63) is 36.5 Å². The van der Waals surface area contributed by atoms with Crippen molar-refractivity contribution in [2.45, 2.75) is 209 Å². The first kappa shape index (κ1) is 51.4. The highest BCUT2D eigenvalue weighted by Gasteiger charge is 2.50. The van der Waals surface area contributed by atoms with Gasteiger partial charge in [-0.3, -0.25) is 4.79 Å². The second-order valence-electron chi connectivity index (χ2n) is 15.5. The van der Waals surface area contributed by atoms with E-state index in [0.717, 1.165) is 51.4 Å². The molecule has 0 aliphatic carbocycles. The van der Waals surface area contributed by atoms with Crippen molar-refractivity contribution in [2.75, 3.05) is 19.8 Å². The van der Waals surface area contributed by atoms with Crippen LogP contribution in [0.3, 0.4) is 0 Å². The lowest BCUT2D eigenvalue weighted by molar-refractivity contribution is -0.359. The number of allylic oxidation sites excluding steroid dienone is 5. The molecule has 12 atom stereocenters. The summed E-state index contributed by atoms with van der Waals surface area (Å²) in [5, 5.41) is 86.1. The molecule has 57 heavy (non-hydrogen) atoms. The molecule has 0 saturated carbocycles. The molecule has 2 rings (SSSR count). The van der Waals surface area contributed by atoms with Crippen molar-refractivity contribution in [3.63, 3.8) is 0 Å². The quantitative estimate of drug-likeness (QED) is 0.0361. The van der Waals surface area contributed by atoms with E-state index in [1.165, 1.54) is 51.4 Å². The third-order valence-electron chi connectivity index (χ3n) is 10.6. The van der Waals surface area contributed by atoms with E-state index in [-0.39, 0.29) is 18.9 Å². The molecule has 12 unspecified atom stereocenters. The number of hydrogen-bond acceptors (Lipinski definition) is 13. The number of unbranched alkanes of at least 4 members (excludes halogenated alkanes) is 14.